The minimum atomic E-state index is 0.182. The number of piperidine rings is 1. The molecule has 0 unspecified atom stereocenters. The minimum absolute atomic E-state index is 0.182. The number of rotatable bonds is 4. The van der Waals surface area contributed by atoms with Gasteiger partial charge in [0.15, 0.2) is 0 Å². The van der Waals surface area contributed by atoms with Crippen LogP contribution in [0.25, 0.3) is 0 Å². The van der Waals surface area contributed by atoms with E-state index in [4.69, 9.17) is 4.74 Å². The Morgan fingerprint density at radius 3 is 2.83 bits per heavy atom. The zero-order valence-corrected chi connectivity index (χ0v) is 12.9. The third kappa shape index (κ3) is 3.33. The fourth-order valence-electron chi connectivity index (χ4n) is 2.17. The first kappa shape index (κ1) is 14.0. The quantitative estimate of drug-likeness (QED) is 0.793. The van der Waals surface area contributed by atoms with Gasteiger partial charge in [0.25, 0.3) is 5.91 Å². The maximum atomic E-state index is 12.3. The van der Waals surface area contributed by atoms with E-state index in [-0.39, 0.29) is 5.91 Å². The molecule has 2 heterocycles. The van der Waals surface area contributed by atoms with Gasteiger partial charge in [0.1, 0.15) is 0 Å². The first-order chi connectivity index (χ1) is 8.72. The Labute approximate surface area is 120 Å². The van der Waals surface area contributed by atoms with Crippen LogP contribution in [0, 0.1) is 6.92 Å². The van der Waals surface area contributed by atoms with E-state index in [1.165, 1.54) is 11.3 Å². The number of ether oxygens (including phenoxy) is 1. The molecule has 0 aromatic carbocycles. The van der Waals surface area contributed by atoms with Crippen LogP contribution in [0.3, 0.4) is 0 Å². The summed E-state index contributed by atoms with van der Waals surface area (Å²) in [4.78, 5) is 15.1. The molecule has 1 aromatic heterocycles. The van der Waals surface area contributed by atoms with Gasteiger partial charge in [0.05, 0.1) is 17.6 Å². The van der Waals surface area contributed by atoms with Crippen molar-refractivity contribution in [3.63, 3.8) is 0 Å². The summed E-state index contributed by atoms with van der Waals surface area (Å²) in [6, 6.07) is 2.00. The molecule has 0 aliphatic carbocycles. The SMILES string of the molecule is Cc1ccsc1C(=O)N1CCC(OCCBr)CC1. The molecular weight excluding hydrogens is 314 g/mol. The number of carbonyl (C=O) groups excluding carboxylic acids is 1. The second kappa shape index (κ2) is 6.68. The van der Waals surface area contributed by atoms with Gasteiger partial charge in [-0.2, -0.15) is 0 Å². The van der Waals surface area contributed by atoms with Crippen LogP contribution in [0.4, 0.5) is 0 Å². The number of hydrogen-bond acceptors (Lipinski definition) is 3. The van der Waals surface area contributed by atoms with Crippen LogP contribution in [0.1, 0.15) is 28.1 Å². The predicted molar refractivity (Wildman–Crippen MR) is 77.7 cm³/mol. The highest BCUT2D eigenvalue weighted by Crippen LogP contribution is 2.21. The lowest BCUT2D eigenvalue weighted by molar-refractivity contribution is 0.0161. The zero-order chi connectivity index (χ0) is 13.0. The van der Waals surface area contributed by atoms with E-state index in [9.17, 15) is 4.79 Å². The van der Waals surface area contributed by atoms with Crippen LogP contribution in [0.2, 0.25) is 0 Å². The second-order valence-corrected chi connectivity index (χ2v) is 6.19. The number of aryl methyl sites for hydroxylation is 1. The molecule has 1 fully saturated rings. The monoisotopic (exact) mass is 331 g/mol. The number of nitrogens with zero attached hydrogens (tertiary/aromatic N) is 1. The smallest absolute Gasteiger partial charge is 0.264 e. The molecule has 0 bridgehead atoms. The van der Waals surface area contributed by atoms with Crippen molar-refractivity contribution in [1.82, 2.24) is 4.90 Å². The summed E-state index contributed by atoms with van der Waals surface area (Å²) in [5.74, 6) is 0.182. The molecule has 1 amide bonds. The van der Waals surface area contributed by atoms with Crippen molar-refractivity contribution < 1.29 is 9.53 Å². The molecule has 100 valence electrons. The van der Waals surface area contributed by atoms with Gasteiger partial charge in [0.2, 0.25) is 0 Å². The highest BCUT2D eigenvalue weighted by atomic mass is 79.9. The topological polar surface area (TPSA) is 29.5 Å². The minimum Gasteiger partial charge on any atom is -0.377 e. The van der Waals surface area contributed by atoms with Crippen molar-refractivity contribution in [1.29, 1.82) is 0 Å². The van der Waals surface area contributed by atoms with Crippen molar-refractivity contribution in [3.05, 3.63) is 21.9 Å². The molecule has 1 aliphatic heterocycles. The van der Waals surface area contributed by atoms with E-state index in [1.54, 1.807) is 0 Å². The summed E-state index contributed by atoms with van der Waals surface area (Å²) in [6.07, 6.45) is 2.21. The molecule has 0 radical (unpaired) electrons. The van der Waals surface area contributed by atoms with Gasteiger partial charge >= 0.3 is 0 Å². The maximum absolute atomic E-state index is 12.3. The van der Waals surface area contributed by atoms with Crippen LogP contribution in [-0.2, 0) is 4.74 Å². The number of carbonyl (C=O) groups is 1. The Hall–Kier alpha value is -0.390. The maximum Gasteiger partial charge on any atom is 0.264 e. The molecule has 0 spiro atoms. The van der Waals surface area contributed by atoms with E-state index in [2.05, 4.69) is 15.9 Å². The van der Waals surface area contributed by atoms with Crippen LogP contribution >= 0.6 is 27.3 Å². The highest BCUT2D eigenvalue weighted by Gasteiger charge is 2.25. The zero-order valence-electron chi connectivity index (χ0n) is 10.5. The third-order valence-corrected chi connectivity index (χ3v) is 4.54. The average molecular weight is 332 g/mol. The van der Waals surface area contributed by atoms with Crippen molar-refractivity contribution in [2.24, 2.45) is 0 Å². The molecule has 5 heteroatoms. The summed E-state index contributed by atoms with van der Waals surface area (Å²) in [5.41, 5.74) is 1.09. The molecule has 1 aliphatic rings. The van der Waals surface area contributed by atoms with Gasteiger partial charge in [-0.3, -0.25) is 4.79 Å². The van der Waals surface area contributed by atoms with Crippen LogP contribution < -0.4 is 0 Å². The van der Waals surface area contributed by atoms with Crippen molar-refractivity contribution >= 4 is 33.2 Å². The number of amides is 1. The molecule has 1 saturated heterocycles. The Kier molecular flexibility index (Phi) is 5.21. The standard InChI is InChI=1S/C13H18BrNO2S/c1-10-4-9-18-12(10)13(16)15-6-2-11(3-7-15)17-8-5-14/h4,9,11H,2-3,5-8H2,1H3. The van der Waals surface area contributed by atoms with E-state index >= 15 is 0 Å². The normalized spacial score (nSPS) is 17.1. The van der Waals surface area contributed by atoms with E-state index in [1.807, 2.05) is 23.3 Å². The summed E-state index contributed by atoms with van der Waals surface area (Å²) < 4.78 is 5.69. The van der Waals surface area contributed by atoms with E-state index in [0.29, 0.717) is 6.10 Å². The summed E-state index contributed by atoms with van der Waals surface area (Å²) in [7, 11) is 0. The summed E-state index contributed by atoms with van der Waals surface area (Å²) >= 11 is 4.89. The highest BCUT2D eigenvalue weighted by molar-refractivity contribution is 9.09. The summed E-state index contributed by atoms with van der Waals surface area (Å²) in [6.45, 7) is 4.37. The van der Waals surface area contributed by atoms with Crippen molar-refractivity contribution in [2.75, 3.05) is 25.0 Å². The first-order valence-electron chi connectivity index (χ1n) is 6.23. The lowest BCUT2D eigenvalue weighted by atomic mass is 10.1. The molecule has 2 rings (SSSR count). The molecule has 3 nitrogen and oxygen atoms in total. The van der Waals surface area contributed by atoms with Crippen LogP contribution in [-0.4, -0.2) is 41.9 Å². The number of hydrogen-bond donors (Lipinski definition) is 0. The van der Waals surface area contributed by atoms with Gasteiger partial charge in [0, 0.05) is 18.4 Å². The molecule has 0 atom stereocenters. The number of alkyl halides is 1. The first-order valence-corrected chi connectivity index (χ1v) is 8.23. The molecule has 1 aromatic rings. The Balaban J connectivity index is 1.86. The Bertz CT molecular complexity index is 399. The average Bonchev–Trinajstić information content (AvgIpc) is 2.82. The predicted octanol–water partition coefficient (Wildman–Crippen LogP) is 3.07. The second-order valence-electron chi connectivity index (χ2n) is 4.48. The summed E-state index contributed by atoms with van der Waals surface area (Å²) in [5, 5.41) is 2.86. The lowest BCUT2D eigenvalue weighted by Crippen LogP contribution is -2.41. The number of thiophene rings is 1. The van der Waals surface area contributed by atoms with Gasteiger partial charge < -0.3 is 9.64 Å². The fourth-order valence-corrected chi connectivity index (χ4v) is 3.25. The van der Waals surface area contributed by atoms with Gasteiger partial charge in [-0.05, 0) is 36.8 Å². The van der Waals surface area contributed by atoms with Gasteiger partial charge in [-0.25, -0.2) is 0 Å². The molecule has 18 heavy (non-hydrogen) atoms. The molecule has 0 N–H and O–H groups in total. The molecule has 0 saturated carbocycles. The van der Waals surface area contributed by atoms with Crippen LogP contribution in [0.5, 0.6) is 0 Å². The fraction of sp³-hybridized carbons (Fsp3) is 0.615. The van der Waals surface area contributed by atoms with Gasteiger partial charge in [-0.15, -0.1) is 11.3 Å². The van der Waals surface area contributed by atoms with Gasteiger partial charge in [-0.1, -0.05) is 15.9 Å². The van der Waals surface area contributed by atoms with E-state index < -0.39 is 0 Å². The largest absolute Gasteiger partial charge is 0.377 e. The van der Waals surface area contributed by atoms with Crippen molar-refractivity contribution in [3.8, 4) is 0 Å². The van der Waals surface area contributed by atoms with E-state index in [0.717, 1.165) is 48.3 Å². The third-order valence-electron chi connectivity index (χ3n) is 3.22. The van der Waals surface area contributed by atoms with Crippen molar-refractivity contribution in [2.45, 2.75) is 25.9 Å². The Morgan fingerprint density at radius 1 is 1.56 bits per heavy atom. The van der Waals surface area contributed by atoms with Crippen LogP contribution in [0.15, 0.2) is 11.4 Å². The molecular formula is C13H18BrNO2S. The number of likely N-dealkylation sites (tertiary alicyclic amines) is 1. The number of halogens is 1. The lowest BCUT2D eigenvalue weighted by Gasteiger charge is -2.31. The Morgan fingerprint density at radius 2 is 2.28 bits per heavy atom.